The Morgan fingerprint density at radius 2 is 1.43 bits per heavy atom. The van der Waals surface area contributed by atoms with Crippen LogP contribution >= 0.6 is 0 Å². The zero-order valence-electron chi connectivity index (χ0n) is 44.4. The number of ketones is 1. The zero-order valence-corrected chi connectivity index (χ0v) is 44.4. The summed E-state index contributed by atoms with van der Waals surface area (Å²) in [6, 6.07) is -0.748. The Labute approximate surface area is 432 Å². The van der Waals surface area contributed by atoms with Gasteiger partial charge in [-0.1, -0.05) is 38.5 Å². The van der Waals surface area contributed by atoms with Gasteiger partial charge < -0.3 is 98.3 Å². The number of hydrogen-bond acceptors (Lipinski definition) is 22. The lowest BCUT2D eigenvalue weighted by atomic mass is 9.79. The number of carbonyl (C=O) groups is 5. The van der Waals surface area contributed by atoms with Crippen molar-refractivity contribution in [2.75, 3.05) is 34.9 Å². The second-order valence-electron chi connectivity index (χ2n) is 20.3. The first-order chi connectivity index (χ1) is 34.5. The SMILES string of the molecule is CC[C@H]1OC(=O)C[C@@H](O)[C@H](C)[C@@H](O[C@@H]2O[C@H](C)[C@@H](O[C@H]3C[C@@](C)(O)[C@@H](O)[C@H](C)O3)[C@H](N(C)C)[C@H]2O)[C@@H](CC=O)C[C@@H](C)C(=O)/C=C/C(C)=C[C@@H]1CO[C@@H]1O[C@H](C)[C@@H](O)[C@@H](OC)[C@H]1OC.O=C(O)[C@H](O)[C@@H](O)C(=O)O. The Hall–Kier alpha value is -3.41. The molecule has 0 bridgehead atoms. The number of esters is 1. The van der Waals surface area contributed by atoms with Crippen LogP contribution in [0.2, 0.25) is 0 Å². The number of carboxylic acid groups (broad SMARTS) is 2. The molecular formula is C50H83NO23. The van der Waals surface area contributed by atoms with Crippen LogP contribution in [0.1, 0.15) is 87.5 Å². The van der Waals surface area contributed by atoms with Crippen molar-refractivity contribution in [1.29, 1.82) is 0 Å². The van der Waals surface area contributed by atoms with Crippen LogP contribution in [0.25, 0.3) is 0 Å². The predicted octanol–water partition coefficient (Wildman–Crippen LogP) is -0.289. The van der Waals surface area contributed by atoms with Crippen molar-refractivity contribution in [2.45, 2.75) is 203 Å². The minimum atomic E-state index is -2.27. The van der Waals surface area contributed by atoms with Crippen LogP contribution < -0.4 is 0 Å². The molecule has 0 amide bonds. The fourth-order valence-corrected chi connectivity index (χ4v) is 9.78. The van der Waals surface area contributed by atoms with Gasteiger partial charge in [0, 0.05) is 44.8 Å². The van der Waals surface area contributed by atoms with Gasteiger partial charge in [0.25, 0.3) is 0 Å². The molecule has 24 nitrogen and oxygen atoms in total. The fourth-order valence-electron chi connectivity index (χ4n) is 9.78. The molecular weight excluding hydrogens is 983 g/mol. The van der Waals surface area contributed by atoms with Gasteiger partial charge in [-0.05, 0) is 73.5 Å². The molecule has 3 saturated heterocycles. The number of methoxy groups -OCH3 is 2. The molecule has 0 aromatic heterocycles. The molecule has 3 fully saturated rings. The molecule has 0 aromatic carbocycles. The van der Waals surface area contributed by atoms with E-state index in [1.54, 1.807) is 59.7 Å². The highest BCUT2D eigenvalue weighted by atomic mass is 16.7. The van der Waals surface area contributed by atoms with Gasteiger partial charge in [-0.15, -0.1) is 0 Å². The van der Waals surface area contributed by atoms with Gasteiger partial charge >= 0.3 is 17.9 Å². The maximum absolute atomic E-state index is 13.8. The van der Waals surface area contributed by atoms with Crippen molar-refractivity contribution in [3.63, 3.8) is 0 Å². The summed E-state index contributed by atoms with van der Waals surface area (Å²) >= 11 is 0. The smallest absolute Gasteiger partial charge is 0.335 e. The number of likely N-dealkylation sites (N-methyl/N-ethyl adjacent to an activating group) is 1. The van der Waals surface area contributed by atoms with E-state index < -0.39 is 164 Å². The number of aliphatic carboxylic acids is 2. The quantitative estimate of drug-likeness (QED) is 0.0708. The number of nitrogens with zero attached hydrogens (tertiary/aromatic N) is 1. The van der Waals surface area contributed by atoms with Gasteiger partial charge in [0.1, 0.15) is 49.0 Å². The standard InChI is InChI=1S/C46H77NO17.C4H6O6/c1-13-33-30(22-58-45-42(57-12)41(56-11)37(52)26(5)60-45)18-23(2)14-15-31(49)24(3)19-29(16-17-48)39(25(4)32(50)20-34(51)62-33)64-44-38(53)36(47(9)10)40(27(6)61-44)63-35-21-46(8,55)43(54)28(7)59-35;5-1(3(7)8)2(6)4(9)10/h14-15,17-18,24-30,32-33,35-45,50,52-55H,13,16,19-22H2,1-12H3;1-2,5-6H,(H,7,8)(H,9,10)/b15-14+,23-18?;/t24-,25+,26-,27-,28+,29+,30-,32-,33-,35+,36-,37-,38-,39-,40-,41-,42-,43+,44+,45-,46-;1-,2-/m11/s1. The lowest BCUT2D eigenvalue weighted by molar-refractivity contribution is -0.341. The molecule has 0 spiro atoms. The Balaban J connectivity index is 0.00000130. The summed E-state index contributed by atoms with van der Waals surface area (Å²) in [6.07, 6.45) is -13.0. The van der Waals surface area contributed by atoms with Gasteiger partial charge in [0.15, 0.2) is 36.9 Å². The monoisotopic (exact) mass is 1070 g/mol. The molecule has 74 heavy (non-hydrogen) atoms. The Bertz CT molecular complexity index is 1850. The second-order valence-corrected chi connectivity index (χ2v) is 20.3. The maximum atomic E-state index is 13.8. The zero-order chi connectivity index (χ0) is 56.1. The van der Waals surface area contributed by atoms with E-state index in [4.69, 9.17) is 63.1 Å². The van der Waals surface area contributed by atoms with Crippen molar-refractivity contribution < 1.29 is 113 Å². The number of allylic oxidation sites excluding steroid dienone is 3. The molecule has 0 radical (unpaired) electrons. The van der Waals surface area contributed by atoms with Crippen LogP contribution in [0.15, 0.2) is 23.8 Å². The van der Waals surface area contributed by atoms with Crippen LogP contribution in [0.3, 0.4) is 0 Å². The van der Waals surface area contributed by atoms with E-state index >= 15 is 0 Å². The number of carbonyl (C=O) groups excluding carboxylic acids is 3. The number of carboxylic acids is 2. The number of aldehydes is 1. The van der Waals surface area contributed by atoms with E-state index in [0.29, 0.717) is 12.0 Å². The van der Waals surface area contributed by atoms with Crippen molar-refractivity contribution in [2.24, 2.45) is 23.7 Å². The molecule has 4 aliphatic heterocycles. The molecule has 9 N–H and O–H groups in total. The summed E-state index contributed by atoms with van der Waals surface area (Å²) in [5.41, 5.74) is -0.806. The van der Waals surface area contributed by atoms with Crippen molar-refractivity contribution >= 4 is 30.0 Å². The molecule has 426 valence electrons. The van der Waals surface area contributed by atoms with Crippen LogP contribution in [0.4, 0.5) is 0 Å². The Morgan fingerprint density at radius 3 is 1.96 bits per heavy atom. The largest absolute Gasteiger partial charge is 0.479 e. The fraction of sp³-hybridized carbons (Fsp3) is 0.820. The highest BCUT2D eigenvalue weighted by Gasteiger charge is 2.52. The van der Waals surface area contributed by atoms with Crippen LogP contribution in [-0.4, -0.2) is 232 Å². The molecule has 4 aliphatic rings. The minimum absolute atomic E-state index is 0.00788. The average Bonchev–Trinajstić information content (AvgIpc) is 3.33. The van der Waals surface area contributed by atoms with E-state index in [1.807, 2.05) is 19.9 Å². The van der Waals surface area contributed by atoms with Gasteiger partial charge in [0.2, 0.25) is 0 Å². The summed E-state index contributed by atoms with van der Waals surface area (Å²) in [5, 5.41) is 88.3. The molecule has 4 rings (SSSR count). The highest BCUT2D eigenvalue weighted by molar-refractivity contribution is 5.91. The Kier molecular flexibility index (Phi) is 25.7. The van der Waals surface area contributed by atoms with Crippen LogP contribution in [-0.2, 0) is 66.6 Å². The van der Waals surface area contributed by atoms with E-state index in [9.17, 15) is 49.5 Å². The first-order valence-electron chi connectivity index (χ1n) is 25.0. The summed E-state index contributed by atoms with van der Waals surface area (Å²) < 4.78 is 54.7. The van der Waals surface area contributed by atoms with Gasteiger partial charge in [0.05, 0.1) is 55.2 Å². The molecule has 23 atom stereocenters. The Morgan fingerprint density at radius 1 is 0.838 bits per heavy atom. The number of rotatable bonds is 16. The number of aliphatic hydroxyl groups is 7. The molecule has 24 heteroatoms. The topological polar surface area (TPSA) is 354 Å². The average molecular weight is 1070 g/mol. The maximum Gasteiger partial charge on any atom is 0.335 e. The lowest BCUT2D eigenvalue weighted by Gasteiger charge is -2.50. The summed E-state index contributed by atoms with van der Waals surface area (Å²) in [7, 11) is 6.43. The predicted molar refractivity (Wildman–Crippen MR) is 258 cm³/mol. The molecule has 4 heterocycles. The van der Waals surface area contributed by atoms with Crippen LogP contribution in [0, 0.1) is 23.7 Å². The molecule has 0 unspecified atom stereocenters. The van der Waals surface area contributed by atoms with Gasteiger partial charge in [-0.2, -0.15) is 0 Å². The van der Waals surface area contributed by atoms with Crippen molar-refractivity contribution in [3.05, 3.63) is 23.8 Å². The normalized spacial score (nSPS) is 41.2. The number of aliphatic hydroxyl groups excluding tert-OH is 6. The summed E-state index contributed by atoms with van der Waals surface area (Å²) in [4.78, 5) is 61.1. The molecule has 0 aliphatic carbocycles. The van der Waals surface area contributed by atoms with E-state index in [0.717, 1.165) is 6.29 Å². The number of hydrogen-bond donors (Lipinski definition) is 9. The third kappa shape index (κ3) is 17.3. The van der Waals surface area contributed by atoms with E-state index in [1.165, 1.54) is 27.2 Å². The van der Waals surface area contributed by atoms with Gasteiger partial charge in [-0.25, -0.2) is 9.59 Å². The third-order valence-corrected chi connectivity index (χ3v) is 14.2. The van der Waals surface area contributed by atoms with E-state index in [-0.39, 0.29) is 31.7 Å². The first kappa shape index (κ1) is 64.9. The minimum Gasteiger partial charge on any atom is -0.479 e. The second kappa shape index (κ2) is 29.4. The highest BCUT2D eigenvalue weighted by Crippen LogP contribution is 2.37. The lowest BCUT2D eigenvalue weighted by Crippen LogP contribution is -2.65. The van der Waals surface area contributed by atoms with Gasteiger partial charge in [-0.3, -0.25) is 9.59 Å². The molecule has 0 saturated carbocycles. The van der Waals surface area contributed by atoms with Crippen LogP contribution in [0.5, 0.6) is 0 Å². The summed E-state index contributed by atoms with van der Waals surface area (Å²) in [5.74, 6) is -7.13. The molecule has 0 aromatic rings. The third-order valence-electron chi connectivity index (χ3n) is 14.2. The number of cyclic esters (lactones) is 1. The first-order valence-corrected chi connectivity index (χ1v) is 25.0. The summed E-state index contributed by atoms with van der Waals surface area (Å²) in [6.45, 7) is 13.6. The van der Waals surface area contributed by atoms with Crippen molar-refractivity contribution in [3.8, 4) is 0 Å². The number of ether oxygens (including phenoxy) is 9. The van der Waals surface area contributed by atoms with Crippen molar-refractivity contribution in [1.82, 2.24) is 4.90 Å². The van der Waals surface area contributed by atoms with E-state index in [2.05, 4.69) is 0 Å².